The second-order valence-corrected chi connectivity index (χ2v) is 33.8. The molecule has 454 valence electrons. The highest BCUT2D eigenvalue weighted by molar-refractivity contribution is 6.44. The molecule has 6 aromatic carbocycles. The molecule has 0 unspecified atom stereocenters. The maximum Gasteiger partial charge on any atom is 0.314 e. The van der Waals surface area contributed by atoms with E-state index in [0.717, 1.165) is 33.4 Å². The zero-order valence-corrected chi connectivity index (χ0v) is 58.4. The molecule has 0 bridgehead atoms. The lowest BCUT2D eigenvalue weighted by atomic mass is 9.76. The molecule has 0 radical (unpaired) electrons. The topological polar surface area (TPSA) is 58.2 Å². The molecule has 0 fully saturated rings. The first-order chi connectivity index (χ1) is 38.0. The molecule has 0 aromatic heterocycles. The van der Waals surface area contributed by atoms with Crippen molar-refractivity contribution in [1.82, 2.24) is 0 Å². The Balaban J connectivity index is 1.64. The second-order valence-electron chi connectivity index (χ2n) is 33.8. The van der Waals surface area contributed by atoms with Gasteiger partial charge in [-0.15, -0.1) is 0 Å². The van der Waals surface area contributed by atoms with Gasteiger partial charge in [0.25, 0.3) is 0 Å². The number of hydrogen-bond acceptors (Lipinski definition) is 2. The van der Waals surface area contributed by atoms with Crippen molar-refractivity contribution in [3.63, 3.8) is 0 Å². The van der Waals surface area contributed by atoms with Gasteiger partial charge >= 0.3 is 11.8 Å². The number of anilines is 2. The van der Waals surface area contributed by atoms with E-state index in [1.807, 2.05) is 0 Å². The van der Waals surface area contributed by atoms with Crippen LogP contribution in [0.3, 0.4) is 0 Å². The largest absolute Gasteiger partial charge is 0.317 e. The Kier molecular flexibility index (Phi) is 18.9. The number of nitrogens with one attached hydrogen (secondary N) is 2. The van der Waals surface area contributed by atoms with Gasteiger partial charge in [-0.1, -0.05) is 302 Å². The van der Waals surface area contributed by atoms with Crippen LogP contribution in [-0.4, -0.2) is 11.8 Å². The van der Waals surface area contributed by atoms with Gasteiger partial charge in [0.05, 0.1) is 0 Å². The number of rotatable bonds is 10. The predicted molar refractivity (Wildman–Crippen MR) is 365 cm³/mol. The molecule has 0 heterocycles. The van der Waals surface area contributed by atoms with Crippen LogP contribution < -0.4 is 10.6 Å². The summed E-state index contributed by atoms with van der Waals surface area (Å²) in [7, 11) is 0. The Hall–Kier alpha value is -5.74. The monoisotopic (exact) mass is 1130 g/mol. The van der Waals surface area contributed by atoms with Crippen LogP contribution in [0.25, 0.3) is 0 Å². The molecular formula is C80H112N2O2. The van der Waals surface area contributed by atoms with Gasteiger partial charge in [-0.2, -0.15) is 0 Å². The molecule has 0 saturated carbocycles. The van der Waals surface area contributed by atoms with Crippen molar-refractivity contribution in [2.45, 2.75) is 275 Å². The molecule has 2 N–H and O–H groups in total. The summed E-state index contributed by atoms with van der Waals surface area (Å²) in [5, 5.41) is 6.85. The number of benzene rings is 6. The standard InChI is InChI=1S/C80H112N2O2/c1-47-31-65(49(3)53-35-57(73(7,8)9)43-58(36-53)74(10,11)12)69(66(32-47)50(4)54-37-59(75(13,14)15)44-60(38-54)76(16,17)18)81-71(83)72(84)82-70-67(51(5)55-39-61(77(19,20)21)45-62(40-55)78(22,23)24)33-48(2)34-68(70)52(6)56-41-63(79(25,26)27)46-64(42-56)80(28,29)30/h31-46,49-52H,1-30H3,(H,81,83)(H,82,84)/t49-,50-,51-,52-/m1/s1. The molecule has 84 heavy (non-hydrogen) atoms. The van der Waals surface area contributed by atoms with Crippen LogP contribution in [0.5, 0.6) is 0 Å². The molecule has 0 aliphatic rings. The number of hydrogen-bond donors (Lipinski definition) is 2. The van der Waals surface area contributed by atoms with E-state index in [4.69, 9.17) is 0 Å². The summed E-state index contributed by atoms with van der Waals surface area (Å²) in [6.45, 7) is 68.1. The highest BCUT2D eigenvalue weighted by Gasteiger charge is 2.33. The van der Waals surface area contributed by atoms with Crippen molar-refractivity contribution < 1.29 is 9.59 Å². The van der Waals surface area contributed by atoms with Gasteiger partial charge in [0, 0.05) is 35.0 Å². The van der Waals surface area contributed by atoms with Crippen LogP contribution in [0.4, 0.5) is 11.4 Å². The molecule has 6 aromatic rings. The average Bonchev–Trinajstić information content (AvgIpc) is 2.02. The fraction of sp³-hybridized carbons (Fsp3) is 0.525. The zero-order valence-electron chi connectivity index (χ0n) is 58.4. The summed E-state index contributed by atoms with van der Waals surface area (Å²) >= 11 is 0. The summed E-state index contributed by atoms with van der Waals surface area (Å²) in [4.78, 5) is 31.3. The van der Waals surface area contributed by atoms with Gasteiger partial charge in [0.2, 0.25) is 0 Å². The van der Waals surface area contributed by atoms with Gasteiger partial charge in [0.1, 0.15) is 0 Å². The fourth-order valence-corrected chi connectivity index (χ4v) is 11.5. The number of aryl methyl sites for hydroxylation is 2. The molecule has 0 spiro atoms. The second kappa shape index (κ2) is 23.5. The fourth-order valence-electron chi connectivity index (χ4n) is 11.5. The maximum absolute atomic E-state index is 15.6. The first-order valence-corrected chi connectivity index (χ1v) is 31.5. The smallest absolute Gasteiger partial charge is 0.314 e. The lowest BCUT2D eigenvalue weighted by Crippen LogP contribution is -2.31. The molecular weight excluding hydrogens is 1020 g/mol. The Morgan fingerprint density at radius 2 is 0.405 bits per heavy atom. The van der Waals surface area contributed by atoms with Gasteiger partial charge < -0.3 is 10.6 Å². The van der Waals surface area contributed by atoms with Crippen LogP contribution in [0.1, 0.15) is 318 Å². The Labute approximate surface area is 512 Å². The molecule has 0 aliphatic carbocycles. The van der Waals surface area contributed by atoms with Crippen molar-refractivity contribution in [3.8, 4) is 0 Å². The zero-order chi connectivity index (χ0) is 63.7. The molecule has 0 saturated heterocycles. The van der Waals surface area contributed by atoms with Crippen molar-refractivity contribution in [2.24, 2.45) is 0 Å². The normalized spacial score (nSPS) is 14.7. The maximum atomic E-state index is 15.6. The van der Waals surface area contributed by atoms with Gasteiger partial charge in [-0.05, 0) is 146 Å². The number of carbonyl (C=O) groups is 2. The number of carbonyl (C=O) groups excluding carboxylic acids is 2. The Morgan fingerprint density at radius 1 is 0.262 bits per heavy atom. The SMILES string of the molecule is Cc1cc([C@H](C)c2cc(C(C)(C)C)cc(C(C)(C)C)c2)c(NC(=O)C(=O)Nc2c([C@H](C)c3cc(C(C)(C)C)cc(C(C)(C)C)c3)cc(C)cc2[C@H](C)c2cc(C(C)(C)C)cc(C(C)(C)C)c2)c([C@H](C)c2cc(C(C)(C)C)cc(C(C)(C)C)c2)c1. The quantitative estimate of drug-likeness (QED) is 0.134. The minimum absolute atomic E-state index is 0.100. The lowest BCUT2D eigenvalue weighted by molar-refractivity contribution is -0.133. The summed E-state index contributed by atoms with van der Waals surface area (Å²) in [6.07, 6.45) is 0. The first-order valence-electron chi connectivity index (χ1n) is 31.5. The van der Waals surface area contributed by atoms with E-state index in [0.29, 0.717) is 11.4 Å². The van der Waals surface area contributed by atoms with E-state index in [1.165, 1.54) is 66.8 Å². The molecule has 2 amide bonds. The Morgan fingerprint density at radius 3 is 0.536 bits per heavy atom. The minimum atomic E-state index is -0.703. The summed E-state index contributed by atoms with van der Waals surface area (Å²) in [6, 6.07) is 37.3. The Bertz CT molecular complexity index is 2850. The third kappa shape index (κ3) is 15.6. The lowest BCUT2D eigenvalue weighted by Gasteiger charge is -2.31. The van der Waals surface area contributed by atoms with E-state index >= 15 is 9.59 Å². The number of amides is 2. The van der Waals surface area contributed by atoms with Crippen molar-refractivity contribution in [1.29, 1.82) is 0 Å². The van der Waals surface area contributed by atoms with E-state index in [-0.39, 0.29) is 67.0 Å². The molecule has 4 heteroatoms. The molecule has 4 nitrogen and oxygen atoms in total. The van der Waals surface area contributed by atoms with E-state index < -0.39 is 11.8 Å². The van der Waals surface area contributed by atoms with Crippen LogP contribution in [-0.2, 0) is 52.9 Å². The molecule has 0 aliphatic heterocycles. The summed E-state index contributed by atoms with van der Waals surface area (Å²) in [5.41, 5.74) is 21.5. The predicted octanol–water partition coefficient (Wildman–Crippen LogP) is 21.9. The van der Waals surface area contributed by atoms with Crippen LogP contribution in [0.2, 0.25) is 0 Å². The van der Waals surface area contributed by atoms with E-state index in [1.54, 1.807) is 0 Å². The van der Waals surface area contributed by atoms with Crippen LogP contribution in [0.15, 0.2) is 97.1 Å². The van der Waals surface area contributed by atoms with Gasteiger partial charge in [-0.25, -0.2) is 0 Å². The van der Waals surface area contributed by atoms with Crippen LogP contribution >= 0.6 is 0 Å². The summed E-state index contributed by atoms with van der Waals surface area (Å²) in [5.74, 6) is -2.00. The van der Waals surface area contributed by atoms with E-state index in [9.17, 15) is 0 Å². The highest BCUT2D eigenvalue weighted by Crippen LogP contribution is 2.46. The van der Waals surface area contributed by atoms with Crippen molar-refractivity contribution in [3.05, 3.63) is 197 Å². The third-order valence-electron chi connectivity index (χ3n) is 18.0. The minimum Gasteiger partial charge on any atom is -0.317 e. The first kappa shape index (κ1) is 67.4. The van der Waals surface area contributed by atoms with Gasteiger partial charge in [0.15, 0.2) is 0 Å². The highest BCUT2D eigenvalue weighted by atomic mass is 16.2. The van der Waals surface area contributed by atoms with Crippen molar-refractivity contribution in [2.75, 3.05) is 10.6 Å². The third-order valence-corrected chi connectivity index (χ3v) is 18.0. The van der Waals surface area contributed by atoms with E-state index in [2.05, 4.69) is 315 Å². The molecule has 4 atom stereocenters. The van der Waals surface area contributed by atoms with Gasteiger partial charge in [-0.3, -0.25) is 9.59 Å². The van der Waals surface area contributed by atoms with Crippen molar-refractivity contribution >= 4 is 23.2 Å². The van der Waals surface area contributed by atoms with Crippen LogP contribution in [0, 0.1) is 13.8 Å². The average molecular weight is 1130 g/mol. The molecule has 6 rings (SSSR count). The summed E-state index contributed by atoms with van der Waals surface area (Å²) < 4.78 is 0.